The molecule has 0 radical (unpaired) electrons. The zero-order chi connectivity index (χ0) is 19.6. The number of nitrogens with two attached hydrogens (primary N) is 1. The van der Waals surface area contributed by atoms with E-state index in [4.69, 9.17) is 0 Å². The number of amides is 1. The van der Waals surface area contributed by atoms with Crippen LogP contribution in [-0.2, 0) is 9.59 Å². The van der Waals surface area contributed by atoms with Crippen LogP contribution in [0.15, 0.2) is 0 Å². The SMILES string of the molecule is C1CCC([NH2+]C2CCCCC2)CC1.CC1(C)S[C@H]2[C@H](Br)C(=O)N2[C@@H]1C(=O)[O-]. The molecule has 5 nitrogen and oxygen atoms in total. The molecule has 2 saturated heterocycles. The number of carbonyl (C=O) groups excluding carboxylic acids is 2. The van der Waals surface area contributed by atoms with Gasteiger partial charge in [0.1, 0.15) is 10.2 Å². The van der Waals surface area contributed by atoms with Crippen molar-refractivity contribution in [2.75, 3.05) is 0 Å². The molecule has 4 aliphatic rings. The Morgan fingerprint density at radius 1 is 1.07 bits per heavy atom. The van der Waals surface area contributed by atoms with Crippen molar-refractivity contribution < 1.29 is 20.0 Å². The van der Waals surface area contributed by atoms with E-state index < -0.39 is 16.8 Å². The van der Waals surface area contributed by atoms with Gasteiger partial charge in [-0.3, -0.25) is 4.79 Å². The third kappa shape index (κ3) is 4.84. The number of hydrogen-bond donors (Lipinski definition) is 1. The van der Waals surface area contributed by atoms with Crippen LogP contribution in [0.5, 0.6) is 0 Å². The van der Waals surface area contributed by atoms with Crippen molar-refractivity contribution in [1.29, 1.82) is 0 Å². The first-order chi connectivity index (χ1) is 12.8. The normalized spacial score (nSPS) is 33.7. The van der Waals surface area contributed by atoms with E-state index in [0.29, 0.717) is 0 Å². The Kier molecular flexibility index (Phi) is 7.18. The molecule has 3 atom stereocenters. The van der Waals surface area contributed by atoms with Gasteiger partial charge in [-0.15, -0.1) is 11.8 Å². The summed E-state index contributed by atoms with van der Waals surface area (Å²) >= 11 is 4.74. The van der Waals surface area contributed by atoms with Gasteiger partial charge in [-0.2, -0.15) is 0 Å². The average molecular weight is 461 g/mol. The number of carbonyl (C=O) groups is 2. The Morgan fingerprint density at radius 3 is 2.00 bits per heavy atom. The maximum Gasteiger partial charge on any atom is 0.240 e. The zero-order valence-corrected chi connectivity index (χ0v) is 18.9. The highest BCUT2D eigenvalue weighted by Crippen LogP contribution is 2.52. The lowest BCUT2D eigenvalue weighted by Gasteiger charge is -2.42. The highest BCUT2D eigenvalue weighted by atomic mass is 79.9. The molecule has 154 valence electrons. The average Bonchev–Trinajstić information content (AvgIpc) is 2.92. The van der Waals surface area contributed by atoms with Gasteiger partial charge in [0.15, 0.2) is 0 Å². The van der Waals surface area contributed by atoms with Crippen LogP contribution >= 0.6 is 27.7 Å². The number of fused-ring (bicyclic) bond motifs is 1. The van der Waals surface area contributed by atoms with Crippen molar-refractivity contribution >= 4 is 39.6 Å². The number of alkyl halides is 1. The minimum absolute atomic E-state index is 0.0552. The molecule has 0 bridgehead atoms. The van der Waals surface area contributed by atoms with E-state index >= 15 is 0 Å². The largest absolute Gasteiger partial charge is 0.548 e. The fourth-order valence-electron chi connectivity index (χ4n) is 4.99. The molecular formula is C20H33BrN2O3S. The summed E-state index contributed by atoms with van der Waals surface area (Å²) in [5.41, 5.74) is 0. The first-order valence-electron chi connectivity index (χ1n) is 10.5. The number of nitrogens with zero attached hydrogens (tertiary/aromatic N) is 1. The predicted molar refractivity (Wildman–Crippen MR) is 109 cm³/mol. The number of β-lactam (4-membered cyclic amide) rings is 1. The van der Waals surface area contributed by atoms with Crippen molar-refractivity contribution in [3.63, 3.8) is 0 Å². The molecule has 2 N–H and O–H groups in total. The third-order valence-electron chi connectivity index (χ3n) is 6.44. The molecule has 7 heteroatoms. The lowest BCUT2D eigenvalue weighted by molar-refractivity contribution is -0.725. The Labute approximate surface area is 175 Å². The predicted octanol–water partition coefficient (Wildman–Crippen LogP) is 1.78. The molecule has 27 heavy (non-hydrogen) atoms. The first-order valence-corrected chi connectivity index (χ1v) is 12.3. The fourth-order valence-corrected chi connectivity index (χ4v) is 7.34. The summed E-state index contributed by atoms with van der Waals surface area (Å²) < 4.78 is -0.471. The van der Waals surface area contributed by atoms with Crippen LogP contribution in [0, 0.1) is 0 Å². The van der Waals surface area contributed by atoms with Gasteiger partial charge in [-0.1, -0.05) is 28.8 Å². The minimum Gasteiger partial charge on any atom is -0.548 e. The zero-order valence-electron chi connectivity index (χ0n) is 16.5. The number of quaternary nitrogens is 1. The number of aliphatic carboxylic acids is 1. The Bertz CT molecular complexity index is 531. The number of rotatable bonds is 3. The van der Waals surface area contributed by atoms with E-state index in [1.807, 2.05) is 13.8 Å². The van der Waals surface area contributed by atoms with E-state index in [9.17, 15) is 14.7 Å². The standard InChI is InChI=1S/C12H23N.C8H10BrNO3S/c1-3-7-11(8-4-1)13-12-9-5-2-6-10-12;1-8(2)4(7(12)13)10-5(11)3(9)6(10)14-8/h11-13H,1-10H2;3-4,6H,1-2H3,(H,12,13)/t;3-,4-,6+/m.1/s1. The minimum atomic E-state index is -1.17. The second kappa shape index (κ2) is 9.04. The van der Waals surface area contributed by atoms with E-state index in [1.165, 1.54) is 80.9 Å². The molecule has 2 aliphatic heterocycles. The van der Waals surface area contributed by atoms with Crippen LogP contribution < -0.4 is 10.4 Å². The van der Waals surface area contributed by atoms with Crippen molar-refractivity contribution in [3.8, 4) is 0 Å². The smallest absolute Gasteiger partial charge is 0.240 e. The van der Waals surface area contributed by atoms with Crippen LogP contribution in [-0.4, -0.2) is 49.8 Å². The van der Waals surface area contributed by atoms with Gasteiger partial charge < -0.3 is 20.1 Å². The van der Waals surface area contributed by atoms with Crippen LogP contribution in [0.4, 0.5) is 0 Å². The number of carboxylic acids is 1. The molecule has 2 aliphatic carbocycles. The maximum absolute atomic E-state index is 11.4. The highest BCUT2D eigenvalue weighted by molar-refractivity contribution is 9.10. The quantitative estimate of drug-likeness (QED) is 0.514. The first kappa shape index (κ1) is 21.4. The molecule has 4 rings (SSSR count). The monoisotopic (exact) mass is 460 g/mol. The van der Waals surface area contributed by atoms with Crippen molar-refractivity contribution in [2.24, 2.45) is 0 Å². The van der Waals surface area contributed by atoms with Gasteiger partial charge >= 0.3 is 0 Å². The van der Waals surface area contributed by atoms with Gasteiger partial charge in [0.2, 0.25) is 5.91 Å². The fraction of sp³-hybridized carbons (Fsp3) is 0.900. The van der Waals surface area contributed by atoms with Crippen LogP contribution in [0.3, 0.4) is 0 Å². The molecule has 2 heterocycles. The number of carboxylic acid groups (broad SMARTS) is 1. The van der Waals surface area contributed by atoms with E-state index in [-0.39, 0.29) is 16.1 Å². The molecule has 0 unspecified atom stereocenters. The maximum atomic E-state index is 11.4. The number of hydrogen-bond acceptors (Lipinski definition) is 4. The van der Waals surface area contributed by atoms with E-state index in [0.717, 1.165) is 12.1 Å². The van der Waals surface area contributed by atoms with Gasteiger partial charge in [0.05, 0.1) is 24.1 Å². The molecule has 4 fully saturated rings. The Hall–Kier alpha value is -0.270. The summed E-state index contributed by atoms with van der Waals surface area (Å²) in [6, 6.07) is 1.19. The molecule has 1 amide bonds. The Balaban J connectivity index is 0.000000156. The van der Waals surface area contributed by atoms with Gasteiger partial charge in [0.25, 0.3) is 0 Å². The topological polar surface area (TPSA) is 77.0 Å². The van der Waals surface area contributed by atoms with Gasteiger partial charge in [-0.05, 0) is 65.2 Å². The van der Waals surface area contributed by atoms with E-state index in [2.05, 4.69) is 21.2 Å². The molecule has 0 aromatic heterocycles. The summed E-state index contributed by atoms with van der Waals surface area (Å²) in [5.74, 6) is -1.32. The summed E-state index contributed by atoms with van der Waals surface area (Å²) in [6.07, 6.45) is 15.0. The summed E-state index contributed by atoms with van der Waals surface area (Å²) in [4.78, 5) is 23.5. The van der Waals surface area contributed by atoms with Crippen LogP contribution in [0.1, 0.15) is 78.1 Å². The van der Waals surface area contributed by atoms with Crippen LogP contribution in [0.2, 0.25) is 0 Å². The summed E-state index contributed by atoms with van der Waals surface area (Å²) in [5, 5.41) is 13.6. The second-order valence-corrected chi connectivity index (χ2v) is 11.7. The molecule has 2 saturated carbocycles. The Morgan fingerprint density at radius 2 is 1.56 bits per heavy atom. The van der Waals surface area contributed by atoms with Crippen molar-refractivity contribution in [1.82, 2.24) is 4.90 Å². The number of thioether (sulfide) groups is 1. The lowest BCUT2D eigenvalue weighted by Crippen LogP contribution is -2.95. The summed E-state index contributed by atoms with van der Waals surface area (Å²) in [6.45, 7) is 3.65. The van der Waals surface area contributed by atoms with Crippen molar-refractivity contribution in [2.45, 2.75) is 111 Å². The third-order valence-corrected chi connectivity index (χ3v) is 9.26. The van der Waals surface area contributed by atoms with E-state index in [1.54, 1.807) is 0 Å². The summed E-state index contributed by atoms with van der Waals surface area (Å²) in [7, 11) is 0. The molecule has 0 aromatic rings. The molecule has 0 aromatic carbocycles. The van der Waals surface area contributed by atoms with Crippen LogP contribution in [0.25, 0.3) is 0 Å². The highest BCUT2D eigenvalue weighted by Gasteiger charge is 2.60. The number of halogens is 1. The molecular weight excluding hydrogens is 428 g/mol. The van der Waals surface area contributed by atoms with Crippen molar-refractivity contribution in [3.05, 3.63) is 0 Å². The molecule has 0 spiro atoms. The van der Waals surface area contributed by atoms with Gasteiger partial charge in [0, 0.05) is 4.75 Å². The second-order valence-electron chi connectivity index (χ2n) is 8.97. The van der Waals surface area contributed by atoms with Gasteiger partial charge in [-0.25, -0.2) is 0 Å². The lowest BCUT2D eigenvalue weighted by atomic mass is 9.91.